The highest BCUT2D eigenvalue weighted by atomic mass is 79.9. The molecule has 2 atom stereocenters. The lowest BCUT2D eigenvalue weighted by Crippen LogP contribution is -2.45. The van der Waals surface area contributed by atoms with Gasteiger partial charge < -0.3 is 5.73 Å². The Morgan fingerprint density at radius 3 is 2.83 bits per heavy atom. The molecule has 2 N–H and O–H groups in total. The van der Waals surface area contributed by atoms with Crippen LogP contribution in [0.4, 0.5) is 8.78 Å². The molecular weight excluding hydrogens is 302 g/mol. The summed E-state index contributed by atoms with van der Waals surface area (Å²) in [5.74, 6) is -0.632. The number of likely N-dealkylation sites (tertiary alicyclic amines) is 1. The third-order valence-corrected chi connectivity index (χ3v) is 4.19. The molecule has 1 aliphatic rings. The van der Waals surface area contributed by atoms with Crippen molar-refractivity contribution in [3.05, 3.63) is 33.8 Å². The van der Waals surface area contributed by atoms with Crippen LogP contribution in [-0.2, 0) is 6.54 Å². The van der Waals surface area contributed by atoms with E-state index < -0.39 is 11.6 Å². The first-order chi connectivity index (χ1) is 8.49. The molecule has 100 valence electrons. The molecule has 2 unspecified atom stereocenters. The highest BCUT2D eigenvalue weighted by molar-refractivity contribution is 9.10. The zero-order valence-corrected chi connectivity index (χ0v) is 11.9. The van der Waals surface area contributed by atoms with Crippen molar-refractivity contribution in [3.8, 4) is 0 Å². The van der Waals surface area contributed by atoms with Crippen molar-refractivity contribution in [2.24, 2.45) is 11.7 Å². The molecule has 0 radical (unpaired) electrons. The van der Waals surface area contributed by atoms with Crippen molar-refractivity contribution in [2.75, 3.05) is 13.1 Å². The first-order valence-electron chi connectivity index (χ1n) is 6.09. The van der Waals surface area contributed by atoms with Gasteiger partial charge in [0.25, 0.3) is 0 Å². The van der Waals surface area contributed by atoms with Gasteiger partial charge in [-0.05, 0) is 46.9 Å². The topological polar surface area (TPSA) is 29.3 Å². The van der Waals surface area contributed by atoms with E-state index in [9.17, 15) is 8.78 Å². The van der Waals surface area contributed by atoms with Crippen LogP contribution in [0.2, 0.25) is 0 Å². The minimum absolute atomic E-state index is 0.132. The number of hydrogen-bond acceptors (Lipinski definition) is 2. The van der Waals surface area contributed by atoms with Crippen molar-refractivity contribution in [2.45, 2.75) is 25.9 Å². The Morgan fingerprint density at radius 2 is 2.17 bits per heavy atom. The van der Waals surface area contributed by atoms with Gasteiger partial charge in [-0.25, -0.2) is 8.78 Å². The van der Waals surface area contributed by atoms with Crippen LogP contribution in [0.3, 0.4) is 0 Å². The molecule has 18 heavy (non-hydrogen) atoms. The smallest absolute Gasteiger partial charge is 0.144 e. The van der Waals surface area contributed by atoms with Crippen molar-refractivity contribution in [1.82, 2.24) is 4.90 Å². The maximum atomic E-state index is 13.9. The van der Waals surface area contributed by atoms with Gasteiger partial charge in [0.05, 0.1) is 4.47 Å². The van der Waals surface area contributed by atoms with E-state index in [0.29, 0.717) is 16.9 Å². The molecular formula is C13H17BrF2N2. The molecule has 2 rings (SSSR count). The van der Waals surface area contributed by atoms with Crippen LogP contribution in [0, 0.1) is 17.6 Å². The summed E-state index contributed by atoms with van der Waals surface area (Å²) in [7, 11) is 0. The lowest BCUT2D eigenvalue weighted by atomic mass is 9.94. The van der Waals surface area contributed by atoms with Gasteiger partial charge in [-0.3, -0.25) is 4.90 Å². The van der Waals surface area contributed by atoms with Crippen molar-refractivity contribution in [1.29, 1.82) is 0 Å². The Labute approximate surface area is 114 Å². The van der Waals surface area contributed by atoms with Crippen LogP contribution in [0.1, 0.15) is 18.9 Å². The summed E-state index contributed by atoms with van der Waals surface area (Å²) < 4.78 is 27.8. The highest BCUT2D eigenvalue weighted by Crippen LogP contribution is 2.24. The number of benzene rings is 1. The van der Waals surface area contributed by atoms with E-state index in [1.54, 1.807) is 0 Å². The predicted octanol–water partition coefficient (Wildman–Crippen LogP) is 2.90. The third kappa shape index (κ3) is 2.90. The van der Waals surface area contributed by atoms with Gasteiger partial charge in [-0.2, -0.15) is 0 Å². The number of piperidine rings is 1. The zero-order valence-electron chi connectivity index (χ0n) is 10.3. The van der Waals surface area contributed by atoms with Crippen LogP contribution >= 0.6 is 15.9 Å². The Bertz CT molecular complexity index is 439. The van der Waals surface area contributed by atoms with Gasteiger partial charge in [0.2, 0.25) is 0 Å². The Hall–Kier alpha value is -0.520. The number of nitrogens with two attached hydrogens (primary N) is 1. The largest absolute Gasteiger partial charge is 0.327 e. The van der Waals surface area contributed by atoms with Gasteiger partial charge in [0, 0.05) is 24.7 Å². The lowest BCUT2D eigenvalue weighted by molar-refractivity contribution is 0.154. The third-order valence-electron chi connectivity index (χ3n) is 3.58. The van der Waals surface area contributed by atoms with Gasteiger partial charge in [0.15, 0.2) is 0 Å². The molecule has 0 aromatic heterocycles. The summed E-state index contributed by atoms with van der Waals surface area (Å²) in [6, 6.07) is 2.88. The highest BCUT2D eigenvalue weighted by Gasteiger charge is 2.24. The van der Waals surface area contributed by atoms with Crippen molar-refractivity contribution < 1.29 is 8.78 Å². The molecule has 0 bridgehead atoms. The number of hydrogen-bond donors (Lipinski definition) is 1. The summed E-state index contributed by atoms with van der Waals surface area (Å²) >= 11 is 3.09. The average Bonchev–Trinajstić information content (AvgIpc) is 2.34. The fourth-order valence-corrected chi connectivity index (χ4v) is 2.70. The monoisotopic (exact) mass is 318 g/mol. The summed E-state index contributed by atoms with van der Waals surface area (Å²) in [6.07, 6.45) is 0.873. The normalized spacial score (nSPS) is 25.4. The Morgan fingerprint density at radius 1 is 1.44 bits per heavy atom. The maximum Gasteiger partial charge on any atom is 0.144 e. The molecule has 1 aromatic rings. The van der Waals surface area contributed by atoms with E-state index >= 15 is 0 Å². The van der Waals surface area contributed by atoms with Gasteiger partial charge in [-0.15, -0.1) is 0 Å². The van der Waals surface area contributed by atoms with Gasteiger partial charge in [0.1, 0.15) is 11.6 Å². The van der Waals surface area contributed by atoms with Crippen molar-refractivity contribution >= 4 is 15.9 Å². The van der Waals surface area contributed by atoms with E-state index in [4.69, 9.17) is 5.73 Å². The molecule has 0 aliphatic carbocycles. The van der Waals surface area contributed by atoms with E-state index in [1.165, 1.54) is 12.1 Å². The first kappa shape index (κ1) is 13.9. The molecule has 2 nitrogen and oxygen atoms in total. The molecule has 0 amide bonds. The second kappa shape index (κ2) is 5.63. The minimum atomic E-state index is -0.502. The summed E-state index contributed by atoms with van der Waals surface area (Å²) in [6.45, 7) is 3.95. The molecule has 1 fully saturated rings. The standard InChI is InChI=1S/C13H17BrF2N2/c1-8-6-18(5-4-12(8)17)7-9-11(15)3-2-10(14)13(9)16/h2-3,8,12H,4-7,17H2,1H3. The Balaban J connectivity index is 2.13. The van der Waals surface area contributed by atoms with Crippen LogP contribution in [0.25, 0.3) is 0 Å². The fourth-order valence-electron chi connectivity index (χ4n) is 2.33. The van der Waals surface area contributed by atoms with E-state index in [2.05, 4.69) is 27.8 Å². The molecule has 0 saturated carbocycles. The average molecular weight is 319 g/mol. The fraction of sp³-hybridized carbons (Fsp3) is 0.538. The van der Waals surface area contributed by atoms with Gasteiger partial charge in [-0.1, -0.05) is 6.92 Å². The minimum Gasteiger partial charge on any atom is -0.327 e. The molecule has 5 heteroatoms. The second-order valence-corrected chi connectivity index (χ2v) is 5.84. The predicted molar refractivity (Wildman–Crippen MR) is 71.1 cm³/mol. The number of halogens is 3. The first-order valence-corrected chi connectivity index (χ1v) is 6.88. The number of rotatable bonds is 2. The van der Waals surface area contributed by atoms with Crippen LogP contribution in [0.5, 0.6) is 0 Å². The Kier molecular flexibility index (Phi) is 4.35. The van der Waals surface area contributed by atoms with E-state index in [1.807, 2.05) is 0 Å². The SMILES string of the molecule is CC1CN(Cc2c(F)ccc(Br)c2F)CCC1N. The summed E-state index contributed by atoms with van der Waals surface area (Å²) in [5, 5.41) is 0. The van der Waals surface area contributed by atoms with Gasteiger partial charge >= 0.3 is 0 Å². The molecule has 0 spiro atoms. The molecule has 1 saturated heterocycles. The van der Waals surface area contributed by atoms with Crippen LogP contribution in [0.15, 0.2) is 16.6 Å². The zero-order chi connectivity index (χ0) is 13.3. The summed E-state index contributed by atoms with van der Waals surface area (Å²) in [5.41, 5.74) is 6.07. The summed E-state index contributed by atoms with van der Waals surface area (Å²) in [4.78, 5) is 2.06. The molecule has 1 aliphatic heterocycles. The van der Waals surface area contributed by atoms with E-state index in [0.717, 1.165) is 19.5 Å². The van der Waals surface area contributed by atoms with Crippen molar-refractivity contribution in [3.63, 3.8) is 0 Å². The molecule has 1 heterocycles. The lowest BCUT2D eigenvalue weighted by Gasteiger charge is -2.35. The van der Waals surface area contributed by atoms with E-state index in [-0.39, 0.29) is 11.6 Å². The maximum absolute atomic E-state index is 13.9. The van der Waals surface area contributed by atoms with Crippen LogP contribution < -0.4 is 5.73 Å². The molecule has 1 aromatic carbocycles. The van der Waals surface area contributed by atoms with Crippen LogP contribution in [-0.4, -0.2) is 24.0 Å². The second-order valence-electron chi connectivity index (χ2n) is 4.99. The quantitative estimate of drug-likeness (QED) is 0.850. The number of nitrogens with zero attached hydrogens (tertiary/aromatic N) is 1.